The van der Waals surface area contributed by atoms with Crippen molar-refractivity contribution in [1.29, 1.82) is 0 Å². The van der Waals surface area contributed by atoms with Gasteiger partial charge in [0.05, 0.1) is 18.8 Å². The minimum atomic E-state index is -3.85. The van der Waals surface area contributed by atoms with Gasteiger partial charge in [-0.2, -0.15) is 17.6 Å². The Morgan fingerprint density at radius 3 is 2.14 bits per heavy atom. The van der Waals surface area contributed by atoms with Crippen molar-refractivity contribution in [2.75, 3.05) is 18.4 Å². The molecule has 9 heteroatoms. The molecule has 1 aliphatic rings. The molecule has 0 aromatic heterocycles. The van der Waals surface area contributed by atoms with Crippen LogP contribution in [0.15, 0.2) is 46.9 Å². The fourth-order valence-electron chi connectivity index (χ4n) is 2.69. The van der Waals surface area contributed by atoms with Crippen LogP contribution in [0.4, 0.5) is 23.2 Å². The quantitative estimate of drug-likeness (QED) is 0.454. The van der Waals surface area contributed by atoms with Crippen molar-refractivity contribution >= 4 is 28.0 Å². The SMILES string of the molecule is CC(c1ccc(O)cc1)c1cccc(Br)c1NC=O.FC1(F)CNCC1(F)F. The third-order valence-corrected chi connectivity index (χ3v) is 5.00. The fraction of sp³-hybridized carbons (Fsp3) is 0.316. The molecule has 152 valence electrons. The molecule has 0 spiro atoms. The van der Waals surface area contributed by atoms with E-state index in [0.717, 1.165) is 21.3 Å². The highest BCUT2D eigenvalue weighted by molar-refractivity contribution is 9.10. The van der Waals surface area contributed by atoms with Gasteiger partial charge in [-0.15, -0.1) is 0 Å². The van der Waals surface area contributed by atoms with Gasteiger partial charge in [-0.1, -0.05) is 31.2 Å². The van der Waals surface area contributed by atoms with Gasteiger partial charge in [0.2, 0.25) is 6.41 Å². The van der Waals surface area contributed by atoms with Crippen LogP contribution in [0.25, 0.3) is 0 Å². The lowest BCUT2D eigenvalue weighted by molar-refractivity contribution is -0.172. The van der Waals surface area contributed by atoms with Crippen molar-refractivity contribution in [2.24, 2.45) is 0 Å². The zero-order chi connectivity index (χ0) is 20.9. The van der Waals surface area contributed by atoms with E-state index in [0.29, 0.717) is 6.41 Å². The predicted octanol–water partition coefficient (Wildman–Crippen LogP) is 4.74. The minimum absolute atomic E-state index is 0.112. The molecule has 2 aromatic rings. The zero-order valence-electron chi connectivity index (χ0n) is 14.9. The number of nitrogens with one attached hydrogen (secondary N) is 2. The van der Waals surface area contributed by atoms with Gasteiger partial charge >= 0.3 is 11.8 Å². The molecule has 1 amide bonds. The van der Waals surface area contributed by atoms with Crippen molar-refractivity contribution in [3.8, 4) is 5.75 Å². The third kappa shape index (κ3) is 5.02. The smallest absolute Gasteiger partial charge is 0.323 e. The van der Waals surface area contributed by atoms with E-state index in [1.165, 1.54) is 0 Å². The monoisotopic (exact) mass is 462 g/mol. The first-order chi connectivity index (χ1) is 13.1. The number of rotatable bonds is 4. The number of phenols is 1. The number of amides is 1. The first-order valence-electron chi connectivity index (χ1n) is 8.33. The highest BCUT2D eigenvalue weighted by Crippen LogP contribution is 2.36. The van der Waals surface area contributed by atoms with Crippen molar-refractivity contribution in [2.45, 2.75) is 24.7 Å². The number of halogens is 5. The average Bonchev–Trinajstić information content (AvgIpc) is 2.88. The van der Waals surface area contributed by atoms with Crippen LogP contribution in [0.1, 0.15) is 24.0 Å². The van der Waals surface area contributed by atoms with E-state index in [1.54, 1.807) is 12.1 Å². The molecule has 2 aromatic carbocycles. The predicted molar refractivity (Wildman–Crippen MR) is 102 cm³/mol. The summed E-state index contributed by atoms with van der Waals surface area (Å²) in [6, 6.07) is 12.9. The number of hydrogen-bond acceptors (Lipinski definition) is 3. The number of carbonyl (C=O) groups is 1. The highest BCUT2D eigenvalue weighted by Gasteiger charge is 2.59. The van der Waals surface area contributed by atoms with Gasteiger partial charge in [0.25, 0.3) is 0 Å². The number of phenolic OH excluding ortho intramolecular Hbond substituents is 1. The van der Waals surface area contributed by atoms with Gasteiger partial charge in [-0.3, -0.25) is 4.79 Å². The Labute approximate surface area is 168 Å². The van der Waals surface area contributed by atoms with Crippen LogP contribution in [0.3, 0.4) is 0 Å². The number of aromatic hydroxyl groups is 1. The fourth-order valence-corrected chi connectivity index (χ4v) is 3.19. The molecule has 1 saturated heterocycles. The Balaban J connectivity index is 0.000000261. The molecule has 0 saturated carbocycles. The largest absolute Gasteiger partial charge is 0.508 e. The average molecular weight is 463 g/mol. The van der Waals surface area contributed by atoms with Gasteiger partial charge in [-0.25, -0.2) is 0 Å². The second-order valence-corrected chi connectivity index (χ2v) is 7.15. The summed E-state index contributed by atoms with van der Waals surface area (Å²) in [5.41, 5.74) is 2.87. The summed E-state index contributed by atoms with van der Waals surface area (Å²) < 4.78 is 48.5. The second kappa shape index (κ2) is 8.91. The second-order valence-electron chi connectivity index (χ2n) is 6.29. The van der Waals surface area contributed by atoms with E-state index >= 15 is 0 Å². The Kier molecular flexibility index (Phi) is 7.06. The zero-order valence-corrected chi connectivity index (χ0v) is 16.4. The lowest BCUT2D eigenvalue weighted by atomic mass is 9.92. The van der Waals surface area contributed by atoms with Crippen LogP contribution in [-0.2, 0) is 4.79 Å². The first kappa shape index (κ1) is 22.2. The van der Waals surface area contributed by atoms with Crippen molar-refractivity contribution in [1.82, 2.24) is 5.32 Å². The molecule has 1 aliphatic heterocycles. The molecule has 4 nitrogen and oxygen atoms in total. The molecule has 28 heavy (non-hydrogen) atoms. The number of para-hydroxylation sites is 1. The van der Waals surface area contributed by atoms with E-state index in [2.05, 4.69) is 28.2 Å². The molecule has 0 radical (unpaired) electrons. The highest BCUT2D eigenvalue weighted by atomic mass is 79.9. The van der Waals surface area contributed by atoms with Crippen molar-refractivity contribution in [3.05, 3.63) is 58.1 Å². The number of hydrogen-bond donors (Lipinski definition) is 3. The summed E-state index contributed by atoms with van der Waals surface area (Å²) in [5, 5.41) is 14.0. The van der Waals surface area contributed by atoms with Crippen LogP contribution in [0.2, 0.25) is 0 Å². The van der Waals surface area contributed by atoms with Gasteiger partial charge in [0.15, 0.2) is 0 Å². The number of anilines is 1. The normalized spacial score (nSPS) is 17.9. The molecule has 1 fully saturated rings. The van der Waals surface area contributed by atoms with Crippen LogP contribution in [-0.4, -0.2) is 36.5 Å². The molecule has 1 heterocycles. The Morgan fingerprint density at radius 2 is 1.68 bits per heavy atom. The summed E-state index contributed by atoms with van der Waals surface area (Å²) >= 11 is 3.44. The molecule has 1 atom stereocenters. The van der Waals surface area contributed by atoms with E-state index in [-0.39, 0.29) is 11.7 Å². The Morgan fingerprint density at radius 1 is 1.11 bits per heavy atom. The van der Waals surface area contributed by atoms with Gasteiger partial charge in [-0.05, 0) is 45.3 Å². The molecule has 3 N–H and O–H groups in total. The number of carbonyl (C=O) groups excluding carboxylic acids is 1. The molecule has 0 aliphatic carbocycles. The topological polar surface area (TPSA) is 61.4 Å². The number of alkyl halides is 4. The lowest BCUT2D eigenvalue weighted by Crippen LogP contribution is -2.38. The van der Waals surface area contributed by atoms with Crippen LogP contribution in [0, 0.1) is 0 Å². The number of benzene rings is 2. The van der Waals surface area contributed by atoms with E-state index in [1.807, 2.05) is 35.6 Å². The van der Waals surface area contributed by atoms with E-state index in [9.17, 15) is 27.5 Å². The first-order valence-corrected chi connectivity index (χ1v) is 9.12. The minimum Gasteiger partial charge on any atom is -0.508 e. The van der Waals surface area contributed by atoms with Crippen LogP contribution >= 0.6 is 15.9 Å². The summed E-state index contributed by atoms with van der Waals surface area (Å²) in [5.74, 6) is -7.35. The molecule has 3 rings (SSSR count). The maximum Gasteiger partial charge on any atom is 0.323 e. The van der Waals surface area contributed by atoms with Crippen molar-refractivity contribution in [3.63, 3.8) is 0 Å². The maximum atomic E-state index is 11.9. The Bertz CT molecular complexity index is 802. The summed E-state index contributed by atoms with van der Waals surface area (Å²) in [6.07, 6.45) is 0.674. The molecule has 0 bridgehead atoms. The third-order valence-electron chi connectivity index (χ3n) is 4.34. The summed E-state index contributed by atoms with van der Waals surface area (Å²) in [6.45, 7) is 0.226. The van der Waals surface area contributed by atoms with Crippen LogP contribution in [0.5, 0.6) is 5.75 Å². The van der Waals surface area contributed by atoms with Gasteiger partial charge in [0.1, 0.15) is 5.75 Å². The Hall–Kier alpha value is -2.13. The maximum absolute atomic E-state index is 11.9. The van der Waals surface area contributed by atoms with Crippen LogP contribution < -0.4 is 10.6 Å². The summed E-state index contributed by atoms with van der Waals surface area (Å²) in [7, 11) is 0. The van der Waals surface area contributed by atoms with Gasteiger partial charge in [0, 0.05) is 10.4 Å². The molecular formula is C19H19BrF4N2O2. The molecule has 1 unspecified atom stereocenters. The standard InChI is InChI=1S/C15H14BrNO2.C4H5F4N/c1-10(11-5-7-12(19)8-6-11)13-3-2-4-14(16)15(13)17-9-18;5-3(6)1-9-2-4(3,7)8/h2-10,19H,1H3,(H,17,18);9H,1-2H2. The lowest BCUT2D eigenvalue weighted by Gasteiger charge is -2.17. The van der Waals surface area contributed by atoms with Crippen molar-refractivity contribution < 1.29 is 27.5 Å². The summed E-state index contributed by atoms with van der Waals surface area (Å²) in [4.78, 5) is 10.7. The molecular weight excluding hydrogens is 444 g/mol. The van der Waals surface area contributed by atoms with Gasteiger partial charge < -0.3 is 15.7 Å². The van der Waals surface area contributed by atoms with E-state index in [4.69, 9.17) is 0 Å². The van der Waals surface area contributed by atoms with E-state index < -0.39 is 24.9 Å².